The van der Waals surface area contributed by atoms with Crippen LogP contribution in [-0.2, 0) is 0 Å². The molecule has 1 aromatic rings. The van der Waals surface area contributed by atoms with Gasteiger partial charge in [0.15, 0.2) is 6.61 Å². The largest absolute Gasteiger partial charge is 0.468 e. The Labute approximate surface area is 121 Å². The topological polar surface area (TPSA) is 51.4 Å². The van der Waals surface area contributed by atoms with Crippen LogP contribution in [0.4, 0.5) is 19.0 Å². The fraction of sp³-hybridized carbons (Fsp3) is 0.583. The molecule has 1 aromatic heterocycles. The van der Waals surface area contributed by atoms with E-state index in [1.807, 2.05) is 4.90 Å². The van der Waals surface area contributed by atoms with Crippen LogP contribution < -0.4 is 15.4 Å². The smallest absolute Gasteiger partial charge is 0.422 e. The Morgan fingerprint density at radius 3 is 2.55 bits per heavy atom. The predicted molar refractivity (Wildman–Crippen MR) is 72.5 cm³/mol. The predicted octanol–water partition coefficient (Wildman–Crippen LogP) is 2.37. The van der Waals surface area contributed by atoms with Gasteiger partial charge in [-0.15, -0.1) is 12.4 Å². The molecule has 8 heteroatoms. The number of ether oxygens (including phenoxy) is 1. The molecule has 114 valence electrons. The monoisotopic (exact) mass is 311 g/mol. The zero-order valence-corrected chi connectivity index (χ0v) is 11.6. The van der Waals surface area contributed by atoms with Crippen LogP contribution in [0.15, 0.2) is 18.2 Å². The van der Waals surface area contributed by atoms with E-state index in [9.17, 15) is 13.2 Å². The van der Waals surface area contributed by atoms with Gasteiger partial charge in [-0.1, -0.05) is 6.07 Å². The molecule has 1 fully saturated rings. The van der Waals surface area contributed by atoms with Gasteiger partial charge in [0.1, 0.15) is 5.82 Å². The van der Waals surface area contributed by atoms with E-state index < -0.39 is 12.8 Å². The van der Waals surface area contributed by atoms with Gasteiger partial charge in [0.2, 0.25) is 5.88 Å². The Kier molecular flexibility index (Phi) is 5.88. The van der Waals surface area contributed by atoms with Crippen LogP contribution >= 0.6 is 12.4 Å². The quantitative estimate of drug-likeness (QED) is 0.931. The first-order valence-electron chi connectivity index (χ1n) is 6.11. The van der Waals surface area contributed by atoms with Gasteiger partial charge in [0.25, 0.3) is 0 Å². The molecule has 0 aromatic carbocycles. The van der Waals surface area contributed by atoms with Gasteiger partial charge in [-0.25, -0.2) is 0 Å². The standard InChI is InChI=1S/C12H16F3N3O.ClH/c13-12(14,15)8-19-11-3-1-2-10(17-11)18-6-4-9(16)5-7-18;/h1-3,9H,4-8,16H2;1H. The number of hydrogen-bond donors (Lipinski definition) is 1. The summed E-state index contributed by atoms with van der Waals surface area (Å²) >= 11 is 0. The molecule has 0 aliphatic carbocycles. The molecule has 0 bridgehead atoms. The third kappa shape index (κ3) is 5.05. The summed E-state index contributed by atoms with van der Waals surface area (Å²) in [7, 11) is 0. The van der Waals surface area contributed by atoms with Gasteiger partial charge < -0.3 is 15.4 Å². The molecular weight excluding hydrogens is 295 g/mol. The highest BCUT2D eigenvalue weighted by molar-refractivity contribution is 5.85. The number of piperidine rings is 1. The molecule has 0 unspecified atom stereocenters. The number of nitrogens with two attached hydrogens (primary N) is 1. The first-order chi connectivity index (χ1) is 8.94. The van der Waals surface area contributed by atoms with Crippen molar-refractivity contribution >= 4 is 18.2 Å². The zero-order chi connectivity index (χ0) is 13.9. The second-order valence-electron chi connectivity index (χ2n) is 4.56. The van der Waals surface area contributed by atoms with E-state index in [1.54, 1.807) is 12.1 Å². The van der Waals surface area contributed by atoms with Crippen molar-refractivity contribution < 1.29 is 17.9 Å². The molecule has 4 nitrogen and oxygen atoms in total. The summed E-state index contributed by atoms with van der Waals surface area (Å²) in [6, 6.07) is 5.02. The van der Waals surface area contributed by atoms with Crippen molar-refractivity contribution in [3.8, 4) is 5.88 Å². The molecule has 1 saturated heterocycles. The second kappa shape index (κ2) is 6.99. The van der Waals surface area contributed by atoms with Gasteiger partial charge in [-0.3, -0.25) is 0 Å². The van der Waals surface area contributed by atoms with Gasteiger partial charge >= 0.3 is 6.18 Å². The Bertz CT molecular complexity index is 423. The molecule has 0 radical (unpaired) electrons. The lowest BCUT2D eigenvalue weighted by atomic mass is 10.1. The van der Waals surface area contributed by atoms with Crippen LogP contribution in [0, 0.1) is 0 Å². The van der Waals surface area contributed by atoms with Crippen molar-refractivity contribution in [2.75, 3.05) is 24.6 Å². The van der Waals surface area contributed by atoms with Crippen LogP contribution in [0.1, 0.15) is 12.8 Å². The van der Waals surface area contributed by atoms with Gasteiger partial charge in [-0.05, 0) is 18.9 Å². The molecule has 1 aliphatic heterocycles. The maximum Gasteiger partial charge on any atom is 0.422 e. The highest BCUT2D eigenvalue weighted by Gasteiger charge is 2.28. The molecule has 2 rings (SSSR count). The third-order valence-electron chi connectivity index (χ3n) is 2.96. The minimum absolute atomic E-state index is 0. The summed E-state index contributed by atoms with van der Waals surface area (Å²) < 4.78 is 40.8. The maximum atomic E-state index is 12.1. The number of pyridine rings is 1. The van der Waals surface area contributed by atoms with E-state index in [4.69, 9.17) is 5.73 Å². The molecule has 2 N–H and O–H groups in total. The summed E-state index contributed by atoms with van der Waals surface area (Å²) in [5.74, 6) is 0.622. The summed E-state index contributed by atoms with van der Waals surface area (Å²) in [4.78, 5) is 6.09. The lowest BCUT2D eigenvalue weighted by Crippen LogP contribution is -2.40. The Morgan fingerprint density at radius 1 is 1.30 bits per heavy atom. The van der Waals surface area contributed by atoms with Crippen LogP contribution in [0.2, 0.25) is 0 Å². The van der Waals surface area contributed by atoms with E-state index in [0.29, 0.717) is 5.82 Å². The molecule has 20 heavy (non-hydrogen) atoms. The van der Waals surface area contributed by atoms with E-state index in [0.717, 1.165) is 25.9 Å². The lowest BCUT2D eigenvalue weighted by molar-refractivity contribution is -0.154. The van der Waals surface area contributed by atoms with Crippen molar-refractivity contribution in [3.63, 3.8) is 0 Å². The first-order valence-corrected chi connectivity index (χ1v) is 6.11. The zero-order valence-electron chi connectivity index (χ0n) is 10.8. The summed E-state index contributed by atoms with van der Waals surface area (Å²) in [5.41, 5.74) is 5.80. The Morgan fingerprint density at radius 2 is 1.95 bits per heavy atom. The van der Waals surface area contributed by atoms with Crippen molar-refractivity contribution in [2.45, 2.75) is 25.1 Å². The number of anilines is 1. The summed E-state index contributed by atoms with van der Waals surface area (Å²) in [6.07, 6.45) is -2.64. The molecule has 0 amide bonds. The highest BCUT2D eigenvalue weighted by Crippen LogP contribution is 2.21. The van der Waals surface area contributed by atoms with Crippen LogP contribution in [0.25, 0.3) is 0 Å². The van der Waals surface area contributed by atoms with Crippen LogP contribution in [-0.4, -0.2) is 36.9 Å². The molecule has 0 spiro atoms. The van der Waals surface area contributed by atoms with Gasteiger partial charge in [0.05, 0.1) is 0 Å². The average Bonchev–Trinajstić information content (AvgIpc) is 2.37. The minimum atomic E-state index is -4.35. The van der Waals surface area contributed by atoms with Crippen molar-refractivity contribution in [2.24, 2.45) is 5.73 Å². The number of nitrogens with zero attached hydrogens (tertiary/aromatic N) is 2. The van der Waals surface area contributed by atoms with E-state index in [-0.39, 0.29) is 24.3 Å². The average molecular weight is 312 g/mol. The number of alkyl halides is 3. The summed E-state index contributed by atoms with van der Waals surface area (Å²) in [6.45, 7) is 0.197. The number of hydrogen-bond acceptors (Lipinski definition) is 4. The Balaban J connectivity index is 0.00000200. The number of rotatable bonds is 3. The molecule has 0 atom stereocenters. The fourth-order valence-corrected chi connectivity index (χ4v) is 1.94. The van der Waals surface area contributed by atoms with Crippen molar-refractivity contribution in [3.05, 3.63) is 18.2 Å². The number of halogens is 4. The highest BCUT2D eigenvalue weighted by atomic mass is 35.5. The molecular formula is C12H17ClF3N3O. The fourth-order valence-electron chi connectivity index (χ4n) is 1.94. The van der Waals surface area contributed by atoms with Crippen LogP contribution in [0.5, 0.6) is 5.88 Å². The maximum absolute atomic E-state index is 12.1. The first kappa shape index (κ1) is 16.8. The van der Waals surface area contributed by atoms with E-state index in [1.165, 1.54) is 6.07 Å². The van der Waals surface area contributed by atoms with Crippen molar-refractivity contribution in [1.82, 2.24) is 4.98 Å². The minimum Gasteiger partial charge on any atom is -0.468 e. The summed E-state index contributed by atoms with van der Waals surface area (Å²) in [5, 5.41) is 0. The SMILES string of the molecule is Cl.NC1CCN(c2cccc(OCC(F)(F)F)n2)CC1. The molecule has 2 heterocycles. The molecule has 0 saturated carbocycles. The normalized spacial score (nSPS) is 16.7. The van der Waals surface area contributed by atoms with Gasteiger partial charge in [0, 0.05) is 25.2 Å². The van der Waals surface area contributed by atoms with Gasteiger partial charge in [-0.2, -0.15) is 18.2 Å². The van der Waals surface area contributed by atoms with E-state index in [2.05, 4.69) is 9.72 Å². The lowest BCUT2D eigenvalue weighted by Gasteiger charge is -2.31. The third-order valence-corrected chi connectivity index (χ3v) is 2.96. The van der Waals surface area contributed by atoms with E-state index >= 15 is 0 Å². The second-order valence-corrected chi connectivity index (χ2v) is 4.56. The Hall–Kier alpha value is -1.21. The molecule has 1 aliphatic rings. The van der Waals surface area contributed by atoms with Crippen molar-refractivity contribution in [1.29, 1.82) is 0 Å². The number of aromatic nitrogens is 1. The van der Waals surface area contributed by atoms with Crippen LogP contribution in [0.3, 0.4) is 0 Å².